The molecule has 15 heavy (non-hydrogen) atoms. The van der Waals surface area contributed by atoms with Gasteiger partial charge in [-0.05, 0) is 24.8 Å². The first kappa shape index (κ1) is 9.96. The number of nitrogens with zero attached hydrogens (tertiary/aromatic N) is 2. The van der Waals surface area contributed by atoms with Crippen molar-refractivity contribution in [3.8, 4) is 0 Å². The third-order valence-electron chi connectivity index (χ3n) is 2.66. The van der Waals surface area contributed by atoms with Crippen molar-refractivity contribution < 1.29 is 4.79 Å². The first-order valence-electron chi connectivity index (χ1n) is 5.13. The Balaban J connectivity index is 2.08. The van der Waals surface area contributed by atoms with Gasteiger partial charge in [0.25, 0.3) is 5.91 Å². The summed E-state index contributed by atoms with van der Waals surface area (Å²) < 4.78 is 0. The summed E-state index contributed by atoms with van der Waals surface area (Å²) in [6.45, 7) is 0.834. The van der Waals surface area contributed by atoms with Crippen molar-refractivity contribution in [2.45, 2.75) is 12.8 Å². The van der Waals surface area contributed by atoms with Crippen LogP contribution in [0.5, 0.6) is 0 Å². The van der Waals surface area contributed by atoms with Crippen molar-refractivity contribution in [1.29, 1.82) is 0 Å². The van der Waals surface area contributed by atoms with E-state index in [-0.39, 0.29) is 5.91 Å². The van der Waals surface area contributed by atoms with Crippen LogP contribution in [0.25, 0.3) is 0 Å². The highest BCUT2D eigenvalue weighted by Gasteiger charge is 2.25. The van der Waals surface area contributed by atoms with Crippen molar-refractivity contribution in [1.82, 2.24) is 9.88 Å². The van der Waals surface area contributed by atoms with Crippen molar-refractivity contribution in [2.75, 3.05) is 19.3 Å². The average molecular weight is 205 g/mol. The summed E-state index contributed by atoms with van der Waals surface area (Å²) in [5, 5.41) is 0. The fourth-order valence-corrected chi connectivity index (χ4v) is 1.58. The van der Waals surface area contributed by atoms with Crippen LogP contribution in [0.2, 0.25) is 0 Å². The van der Waals surface area contributed by atoms with E-state index in [0.29, 0.717) is 17.2 Å². The quantitative estimate of drug-likeness (QED) is 0.805. The number of carbonyl (C=O) groups excluding carboxylic acids is 1. The van der Waals surface area contributed by atoms with Crippen LogP contribution in [0.15, 0.2) is 18.5 Å². The smallest absolute Gasteiger partial charge is 0.255 e. The van der Waals surface area contributed by atoms with Crippen molar-refractivity contribution in [3.63, 3.8) is 0 Å². The fraction of sp³-hybridized carbons (Fsp3) is 0.455. The van der Waals surface area contributed by atoms with Gasteiger partial charge in [-0.1, -0.05) is 0 Å². The molecular formula is C11H15N3O. The van der Waals surface area contributed by atoms with Crippen LogP contribution >= 0.6 is 0 Å². The van der Waals surface area contributed by atoms with Crippen LogP contribution in [-0.2, 0) is 0 Å². The molecule has 1 aromatic heterocycles. The van der Waals surface area contributed by atoms with Gasteiger partial charge in [0, 0.05) is 19.8 Å². The average Bonchev–Trinajstić information content (AvgIpc) is 3.01. The lowest BCUT2D eigenvalue weighted by molar-refractivity contribution is 0.0789. The van der Waals surface area contributed by atoms with Gasteiger partial charge in [0.15, 0.2) is 0 Å². The summed E-state index contributed by atoms with van der Waals surface area (Å²) in [6, 6.07) is 1.67. The van der Waals surface area contributed by atoms with E-state index in [9.17, 15) is 4.79 Å². The predicted molar refractivity (Wildman–Crippen MR) is 58.3 cm³/mol. The first-order valence-corrected chi connectivity index (χ1v) is 5.13. The number of amides is 1. The van der Waals surface area contributed by atoms with Crippen molar-refractivity contribution in [2.24, 2.45) is 5.92 Å². The monoisotopic (exact) mass is 205 g/mol. The Bertz CT molecular complexity index is 374. The molecular weight excluding hydrogens is 190 g/mol. The van der Waals surface area contributed by atoms with E-state index >= 15 is 0 Å². The first-order chi connectivity index (χ1) is 7.18. The highest BCUT2D eigenvalue weighted by atomic mass is 16.2. The number of carbonyl (C=O) groups is 1. The highest BCUT2D eigenvalue weighted by molar-refractivity contribution is 5.98. The second kappa shape index (κ2) is 3.88. The van der Waals surface area contributed by atoms with Gasteiger partial charge < -0.3 is 10.6 Å². The number of nitrogen functional groups attached to an aromatic ring is 1. The van der Waals surface area contributed by atoms with E-state index in [1.165, 1.54) is 19.0 Å². The molecule has 1 heterocycles. The Morgan fingerprint density at radius 2 is 2.40 bits per heavy atom. The standard InChI is InChI=1S/C11H15N3O/c1-14(7-8-2-3-8)11(15)9-4-5-13-6-10(9)12/h4-6,8H,2-3,7,12H2,1H3. The molecule has 0 unspecified atom stereocenters. The minimum Gasteiger partial charge on any atom is -0.397 e. The van der Waals surface area contributed by atoms with Crippen LogP contribution in [-0.4, -0.2) is 29.4 Å². The normalized spacial score (nSPS) is 15.0. The Labute approximate surface area is 89.1 Å². The molecule has 80 valence electrons. The van der Waals surface area contributed by atoms with E-state index in [0.717, 1.165) is 6.54 Å². The maximum Gasteiger partial charge on any atom is 0.255 e. The van der Waals surface area contributed by atoms with Crippen LogP contribution in [0.3, 0.4) is 0 Å². The predicted octanol–water partition coefficient (Wildman–Crippen LogP) is 1.15. The second-order valence-electron chi connectivity index (χ2n) is 4.09. The molecule has 0 spiro atoms. The van der Waals surface area contributed by atoms with Crippen LogP contribution in [0, 0.1) is 5.92 Å². The SMILES string of the molecule is CN(CC1CC1)C(=O)c1ccncc1N. The fourth-order valence-electron chi connectivity index (χ4n) is 1.58. The van der Waals surface area contributed by atoms with E-state index in [4.69, 9.17) is 5.73 Å². The number of hydrogen-bond acceptors (Lipinski definition) is 3. The number of aromatic nitrogens is 1. The van der Waals surface area contributed by atoms with Gasteiger partial charge in [-0.15, -0.1) is 0 Å². The molecule has 0 saturated heterocycles. The van der Waals surface area contributed by atoms with E-state index < -0.39 is 0 Å². The zero-order valence-corrected chi connectivity index (χ0v) is 8.81. The summed E-state index contributed by atoms with van der Waals surface area (Å²) in [5.74, 6) is 0.684. The van der Waals surface area contributed by atoms with Gasteiger partial charge in [0.1, 0.15) is 0 Å². The molecule has 0 bridgehead atoms. The van der Waals surface area contributed by atoms with Crippen molar-refractivity contribution >= 4 is 11.6 Å². The Morgan fingerprint density at radius 3 is 3.00 bits per heavy atom. The zero-order valence-electron chi connectivity index (χ0n) is 8.81. The molecule has 1 fully saturated rings. The molecule has 1 aromatic rings. The summed E-state index contributed by atoms with van der Waals surface area (Å²) >= 11 is 0. The maximum absolute atomic E-state index is 11.9. The minimum atomic E-state index is -0.0122. The Hall–Kier alpha value is -1.58. The maximum atomic E-state index is 11.9. The second-order valence-corrected chi connectivity index (χ2v) is 4.09. The Kier molecular flexibility index (Phi) is 2.58. The molecule has 0 radical (unpaired) electrons. The van der Waals surface area contributed by atoms with Gasteiger partial charge in [-0.25, -0.2) is 0 Å². The third kappa shape index (κ3) is 2.26. The topological polar surface area (TPSA) is 59.2 Å². The van der Waals surface area contributed by atoms with Gasteiger partial charge >= 0.3 is 0 Å². The molecule has 1 aliphatic rings. The molecule has 0 atom stereocenters. The molecule has 4 nitrogen and oxygen atoms in total. The number of anilines is 1. The molecule has 2 N–H and O–H groups in total. The molecule has 2 rings (SSSR count). The molecule has 0 aliphatic heterocycles. The molecule has 4 heteroatoms. The number of pyridine rings is 1. The minimum absolute atomic E-state index is 0.0122. The lowest BCUT2D eigenvalue weighted by Gasteiger charge is -2.17. The molecule has 1 aliphatic carbocycles. The lowest BCUT2D eigenvalue weighted by Crippen LogP contribution is -2.29. The van der Waals surface area contributed by atoms with Gasteiger partial charge in [0.05, 0.1) is 17.4 Å². The van der Waals surface area contributed by atoms with Gasteiger partial charge in [-0.2, -0.15) is 0 Å². The van der Waals surface area contributed by atoms with Crippen LogP contribution in [0.1, 0.15) is 23.2 Å². The highest BCUT2D eigenvalue weighted by Crippen LogP contribution is 2.29. The number of hydrogen-bond donors (Lipinski definition) is 1. The zero-order chi connectivity index (χ0) is 10.8. The van der Waals surface area contributed by atoms with E-state index in [1.807, 2.05) is 7.05 Å². The lowest BCUT2D eigenvalue weighted by atomic mass is 10.2. The van der Waals surface area contributed by atoms with Gasteiger partial charge in [-0.3, -0.25) is 9.78 Å². The number of rotatable bonds is 3. The summed E-state index contributed by atoms with van der Waals surface area (Å²) in [4.78, 5) is 17.6. The van der Waals surface area contributed by atoms with Crippen LogP contribution in [0.4, 0.5) is 5.69 Å². The van der Waals surface area contributed by atoms with Crippen LogP contribution < -0.4 is 5.73 Å². The third-order valence-corrected chi connectivity index (χ3v) is 2.66. The van der Waals surface area contributed by atoms with E-state index in [1.54, 1.807) is 17.2 Å². The van der Waals surface area contributed by atoms with E-state index in [2.05, 4.69) is 4.98 Å². The molecule has 1 amide bonds. The summed E-state index contributed by atoms with van der Waals surface area (Å²) in [6.07, 6.45) is 5.58. The summed E-state index contributed by atoms with van der Waals surface area (Å²) in [5.41, 5.74) is 6.69. The Morgan fingerprint density at radius 1 is 1.67 bits per heavy atom. The molecule has 1 saturated carbocycles. The van der Waals surface area contributed by atoms with Crippen molar-refractivity contribution in [3.05, 3.63) is 24.0 Å². The van der Waals surface area contributed by atoms with Gasteiger partial charge in [0.2, 0.25) is 0 Å². The summed E-state index contributed by atoms with van der Waals surface area (Å²) in [7, 11) is 1.82. The molecule has 0 aromatic carbocycles. The number of nitrogens with two attached hydrogens (primary N) is 1. The largest absolute Gasteiger partial charge is 0.397 e.